The van der Waals surface area contributed by atoms with E-state index in [1.807, 2.05) is 31.2 Å². The van der Waals surface area contributed by atoms with E-state index in [1.54, 1.807) is 0 Å². The molecule has 0 saturated heterocycles. The Labute approximate surface area is 110 Å². The molecule has 1 N–H and O–H groups in total. The van der Waals surface area contributed by atoms with Gasteiger partial charge in [-0.1, -0.05) is 12.1 Å². The van der Waals surface area contributed by atoms with Crippen molar-refractivity contribution in [2.45, 2.75) is 6.92 Å². The maximum absolute atomic E-state index is 13.4. The summed E-state index contributed by atoms with van der Waals surface area (Å²) in [6, 6.07) is 10.3. The zero-order chi connectivity index (χ0) is 13.8. The Bertz CT molecular complexity index is 611. The first-order valence-corrected chi connectivity index (χ1v) is 5.85. The quantitative estimate of drug-likeness (QED) is 0.852. The second kappa shape index (κ2) is 5.61. The molecule has 4 heteroatoms. The average molecular weight is 261 g/mol. The van der Waals surface area contributed by atoms with Crippen LogP contribution in [0.15, 0.2) is 42.5 Å². The van der Waals surface area contributed by atoms with Gasteiger partial charge in [0.05, 0.1) is 12.1 Å². The van der Waals surface area contributed by atoms with Crippen molar-refractivity contribution in [2.24, 2.45) is 0 Å². The average Bonchev–Trinajstić information content (AvgIpc) is 2.39. The van der Waals surface area contributed by atoms with E-state index in [-0.39, 0.29) is 12.1 Å². The predicted molar refractivity (Wildman–Crippen MR) is 70.4 cm³/mol. The standard InChI is InChI=1S/C15H13F2NO/c1-10-3-2-4-12(7-10)18-9-15(19)13-8-11(16)5-6-14(13)17/h2-8,18H,9H2,1H3. The van der Waals surface area contributed by atoms with Gasteiger partial charge in [0.15, 0.2) is 5.78 Å². The van der Waals surface area contributed by atoms with Gasteiger partial charge in [0.2, 0.25) is 0 Å². The zero-order valence-electron chi connectivity index (χ0n) is 10.4. The fraction of sp³-hybridized carbons (Fsp3) is 0.133. The van der Waals surface area contributed by atoms with Gasteiger partial charge in [-0.05, 0) is 42.8 Å². The Hall–Kier alpha value is -2.23. The second-order valence-electron chi connectivity index (χ2n) is 4.27. The summed E-state index contributed by atoms with van der Waals surface area (Å²) in [7, 11) is 0. The van der Waals surface area contributed by atoms with Crippen LogP contribution in [-0.2, 0) is 0 Å². The minimum absolute atomic E-state index is 0.0795. The van der Waals surface area contributed by atoms with Gasteiger partial charge in [0, 0.05) is 5.69 Å². The van der Waals surface area contributed by atoms with Crippen molar-refractivity contribution in [1.29, 1.82) is 0 Å². The molecule has 2 aromatic carbocycles. The van der Waals surface area contributed by atoms with Gasteiger partial charge in [-0.15, -0.1) is 0 Å². The second-order valence-corrected chi connectivity index (χ2v) is 4.27. The number of benzene rings is 2. The number of aryl methyl sites for hydroxylation is 1. The van der Waals surface area contributed by atoms with Crippen LogP contribution in [0.4, 0.5) is 14.5 Å². The lowest BCUT2D eigenvalue weighted by Crippen LogP contribution is -2.15. The van der Waals surface area contributed by atoms with Crippen molar-refractivity contribution >= 4 is 11.5 Å². The fourth-order valence-electron chi connectivity index (χ4n) is 1.74. The van der Waals surface area contributed by atoms with E-state index in [0.29, 0.717) is 0 Å². The van der Waals surface area contributed by atoms with Gasteiger partial charge in [-0.25, -0.2) is 8.78 Å². The molecule has 0 aliphatic heterocycles. The smallest absolute Gasteiger partial charge is 0.184 e. The van der Waals surface area contributed by atoms with Crippen molar-refractivity contribution in [3.63, 3.8) is 0 Å². The molecule has 0 unspecified atom stereocenters. The number of halogens is 2. The van der Waals surface area contributed by atoms with Crippen LogP contribution in [0.1, 0.15) is 15.9 Å². The Morgan fingerprint density at radius 2 is 1.95 bits per heavy atom. The molecule has 2 rings (SSSR count). The molecule has 0 spiro atoms. The fourth-order valence-corrected chi connectivity index (χ4v) is 1.74. The van der Waals surface area contributed by atoms with E-state index in [2.05, 4.69) is 5.32 Å². The van der Waals surface area contributed by atoms with Crippen LogP contribution >= 0.6 is 0 Å². The number of rotatable bonds is 4. The lowest BCUT2D eigenvalue weighted by atomic mass is 10.1. The minimum Gasteiger partial charge on any atom is -0.378 e. The topological polar surface area (TPSA) is 29.1 Å². The minimum atomic E-state index is -0.711. The highest BCUT2D eigenvalue weighted by molar-refractivity contribution is 5.99. The third-order valence-corrected chi connectivity index (χ3v) is 2.70. The Balaban J connectivity index is 2.07. The molecule has 0 aliphatic carbocycles. The number of hydrogen-bond donors (Lipinski definition) is 1. The molecule has 98 valence electrons. The highest BCUT2D eigenvalue weighted by Gasteiger charge is 2.12. The monoisotopic (exact) mass is 261 g/mol. The summed E-state index contributed by atoms with van der Waals surface area (Å²) >= 11 is 0. The Morgan fingerprint density at radius 1 is 1.16 bits per heavy atom. The first-order valence-electron chi connectivity index (χ1n) is 5.85. The number of nitrogens with one attached hydrogen (secondary N) is 1. The molecule has 0 atom stereocenters. The molecular formula is C15H13F2NO. The van der Waals surface area contributed by atoms with Gasteiger partial charge in [-0.2, -0.15) is 0 Å². The molecule has 19 heavy (non-hydrogen) atoms. The van der Waals surface area contributed by atoms with Gasteiger partial charge in [0.1, 0.15) is 11.6 Å². The van der Waals surface area contributed by atoms with Gasteiger partial charge < -0.3 is 5.32 Å². The molecule has 0 radical (unpaired) electrons. The molecule has 0 aromatic heterocycles. The first-order chi connectivity index (χ1) is 9.06. The summed E-state index contributed by atoms with van der Waals surface area (Å²) in [6.07, 6.45) is 0. The first kappa shape index (κ1) is 13.2. The van der Waals surface area contributed by atoms with Crippen LogP contribution in [0.2, 0.25) is 0 Å². The number of anilines is 1. The van der Waals surface area contributed by atoms with Crippen molar-refractivity contribution in [2.75, 3.05) is 11.9 Å². The van der Waals surface area contributed by atoms with Gasteiger partial charge >= 0.3 is 0 Å². The Morgan fingerprint density at radius 3 is 2.68 bits per heavy atom. The predicted octanol–water partition coefficient (Wildman–Crippen LogP) is 3.57. The summed E-state index contributed by atoms with van der Waals surface area (Å²) in [5, 5.41) is 2.89. The SMILES string of the molecule is Cc1cccc(NCC(=O)c2cc(F)ccc2F)c1. The zero-order valence-corrected chi connectivity index (χ0v) is 10.4. The summed E-state index contributed by atoms with van der Waals surface area (Å²) in [5.41, 5.74) is 1.58. The summed E-state index contributed by atoms with van der Waals surface area (Å²) in [6.45, 7) is 1.85. The maximum Gasteiger partial charge on any atom is 0.184 e. The van der Waals surface area contributed by atoms with Crippen molar-refractivity contribution in [3.8, 4) is 0 Å². The molecule has 0 amide bonds. The molecule has 0 fully saturated rings. The lowest BCUT2D eigenvalue weighted by Gasteiger charge is -2.07. The number of carbonyl (C=O) groups is 1. The molecule has 0 saturated carbocycles. The van der Waals surface area contributed by atoms with E-state index >= 15 is 0 Å². The largest absolute Gasteiger partial charge is 0.378 e. The maximum atomic E-state index is 13.4. The van der Waals surface area contributed by atoms with E-state index in [1.165, 1.54) is 0 Å². The van der Waals surface area contributed by atoms with E-state index in [0.717, 1.165) is 29.4 Å². The van der Waals surface area contributed by atoms with Crippen LogP contribution in [0, 0.1) is 18.6 Å². The highest BCUT2D eigenvalue weighted by atomic mass is 19.1. The van der Waals surface area contributed by atoms with Gasteiger partial charge in [0.25, 0.3) is 0 Å². The number of carbonyl (C=O) groups excluding carboxylic acids is 1. The van der Waals surface area contributed by atoms with Crippen molar-refractivity contribution < 1.29 is 13.6 Å². The van der Waals surface area contributed by atoms with Crippen molar-refractivity contribution in [3.05, 3.63) is 65.2 Å². The van der Waals surface area contributed by atoms with Crippen LogP contribution in [-0.4, -0.2) is 12.3 Å². The molecule has 2 aromatic rings. The van der Waals surface area contributed by atoms with Gasteiger partial charge in [-0.3, -0.25) is 4.79 Å². The van der Waals surface area contributed by atoms with Crippen LogP contribution in [0.3, 0.4) is 0 Å². The molecule has 2 nitrogen and oxygen atoms in total. The normalized spacial score (nSPS) is 10.3. The third kappa shape index (κ3) is 3.37. The van der Waals surface area contributed by atoms with Crippen LogP contribution in [0.5, 0.6) is 0 Å². The molecule has 0 aliphatic rings. The van der Waals surface area contributed by atoms with E-state index in [9.17, 15) is 13.6 Å². The molecular weight excluding hydrogens is 248 g/mol. The van der Waals surface area contributed by atoms with Crippen LogP contribution < -0.4 is 5.32 Å². The molecule has 0 bridgehead atoms. The van der Waals surface area contributed by atoms with Crippen molar-refractivity contribution in [1.82, 2.24) is 0 Å². The van der Waals surface area contributed by atoms with Crippen LogP contribution in [0.25, 0.3) is 0 Å². The summed E-state index contributed by atoms with van der Waals surface area (Å²) < 4.78 is 26.4. The summed E-state index contributed by atoms with van der Waals surface area (Å²) in [5.74, 6) is -1.82. The number of Topliss-reactive ketones (excluding diaryl/α,β-unsaturated/α-hetero) is 1. The van der Waals surface area contributed by atoms with E-state index < -0.39 is 17.4 Å². The highest BCUT2D eigenvalue weighted by Crippen LogP contribution is 2.12. The summed E-state index contributed by atoms with van der Waals surface area (Å²) in [4.78, 5) is 11.8. The molecule has 0 heterocycles. The Kier molecular flexibility index (Phi) is 3.90. The number of hydrogen-bond acceptors (Lipinski definition) is 2. The van der Waals surface area contributed by atoms with E-state index in [4.69, 9.17) is 0 Å². The number of ketones is 1. The lowest BCUT2D eigenvalue weighted by molar-refractivity contribution is 0.100. The third-order valence-electron chi connectivity index (χ3n) is 2.70.